The number of benzene rings is 1. The minimum absolute atomic E-state index is 0.338. The molecule has 1 aliphatic heterocycles. The molecule has 0 unspecified atom stereocenters. The van der Waals surface area contributed by atoms with Crippen LogP contribution in [-0.4, -0.2) is 25.7 Å². The Morgan fingerprint density at radius 2 is 2.05 bits per heavy atom. The molecular formula is C16H24N2O2. The zero-order chi connectivity index (χ0) is 14.5. The Morgan fingerprint density at radius 1 is 1.35 bits per heavy atom. The predicted molar refractivity (Wildman–Crippen MR) is 82.0 cm³/mol. The number of carbonyl (C=O) groups excluding carboxylic acids is 1. The normalized spacial score (nSPS) is 16.2. The fraction of sp³-hybridized carbons (Fsp3) is 0.562. The summed E-state index contributed by atoms with van der Waals surface area (Å²) in [6.07, 6.45) is 3.63. The van der Waals surface area contributed by atoms with Crippen LogP contribution in [-0.2, 0) is 4.74 Å². The summed E-state index contributed by atoms with van der Waals surface area (Å²) < 4.78 is 5.05. The molecule has 1 aromatic carbocycles. The lowest BCUT2D eigenvalue weighted by Gasteiger charge is -2.34. The van der Waals surface area contributed by atoms with Gasteiger partial charge in [0.25, 0.3) is 0 Å². The zero-order valence-corrected chi connectivity index (χ0v) is 12.4. The zero-order valence-electron chi connectivity index (χ0n) is 12.4. The number of esters is 1. The van der Waals surface area contributed by atoms with Gasteiger partial charge < -0.3 is 15.4 Å². The summed E-state index contributed by atoms with van der Waals surface area (Å²) in [5.74, 6) is 0.482. The highest BCUT2D eigenvalue weighted by Gasteiger charge is 2.21. The van der Waals surface area contributed by atoms with Gasteiger partial charge in [-0.2, -0.15) is 0 Å². The van der Waals surface area contributed by atoms with Crippen LogP contribution in [0.5, 0.6) is 0 Å². The van der Waals surface area contributed by atoms with E-state index in [1.54, 1.807) is 13.0 Å². The van der Waals surface area contributed by atoms with Gasteiger partial charge in [-0.15, -0.1) is 0 Å². The van der Waals surface area contributed by atoms with Crippen LogP contribution in [0, 0.1) is 5.92 Å². The highest BCUT2D eigenvalue weighted by molar-refractivity contribution is 5.98. The molecule has 0 amide bonds. The van der Waals surface area contributed by atoms with Gasteiger partial charge >= 0.3 is 5.97 Å². The number of ether oxygens (including phenoxy) is 1. The van der Waals surface area contributed by atoms with E-state index in [1.165, 1.54) is 19.3 Å². The smallest absolute Gasteiger partial charge is 0.340 e. The largest absolute Gasteiger partial charge is 0.462 e. The van der Waals surface area contributed by atoms with Crippen LogP contribution in [0.2, 0.25) is 0 Å². The Bertz CT molecular complexity index is 466. The van der Waals surface area contributed by atoms with Gasteiger partial charge in [0.1, 0.15) is 0 Å². The number of carbonyl (C=O) groups is 1. The van der Waals surface area contributed by atoms with Crippen LogP contribution in [0.1, 0.15) is 43.5 Å². The molecule has 2 N–H and O–H groups in total. The van der Waals surface area contributed by atoms with E-state index >= 15 is 0 Å². The van der Waals surface area contributed by atoms with Gasteiger partial charge in [-0.05, 0) is 37.8 Å². The molecule has 0 aliphatic carbocycles. The van der Waals surface area contributed by atoms with Crippen molar-refractivity contribution < 1.29 is 9.53 Å². The quantitative estimate of drug-likeness (QED) is 0.678. The Balaban J connectivity index is 2.17. The van der Waals surface area contributed by atoms with Crippen molar-refractivity contribution in [1.29, 1.82) is 0 Å². The molecule has 1 aromatic rings. The molecule has 0 aromatic heterocycles. The van der Waals surface area contributed by atoms with Crippen molar-refractivity contribution in [3.63, 3.8) is 0 Å². The third-order valence-electron chi connectivity index (χ3n) is 4.11. The lowest BCUT2D eigenvalue weighted by Crippen LogP contribution is -2.34. The number of hydrogen-bond acceptors (Lipinski definition) is 4. The number of nitrogens with two attached hydrogens (primary N) is 1. The molecule has 1 aliphatic rings. The van der Waals surface area contributed by atoms with Crippen LogP contribution in [0.3, 0.4) is 0 Å². The Kier molecular flexibility index (Phi) is 4.88. The number of anilines is 2. The molecule has 1 saturated heterocycles. The first kappa shape index (κ1) is 14.7. The van der Waals surface area contributed by atoms with Gasteiger partial charge in [-0.3, -0.25) is 0 Å². The van der Waals surface area contributed by atoms with E-state index in [0.29, 0.717) is 17.9 Å². The topological polar surface area (TPSA) is 55.6 Å². The first-order valence-electron chi connectivity index (χ1n) is 7.47. The summed E-state index contributed by atoms with van der Waals surface area (Å²) >= 11 is 0. The molecule has 0 radical (unpaired) electrons. The maximum atomic E-state index is 11.9. The van der Waals surface area contributed by atoms with E-state index in [0.717, 1.165) is 24.7 Å². The molecule has 2 rings (SSSR count). The summed E-state index contributed by atoms with van der Waals surface area (Å²) in [5.41, 5.74) is 8.15. The number of hydrogen-bond donors (Lipinski definition) is 1. The average Bonchev–Trinajstić information content (AvgIpc) is 2.48. The minimum atomic E-state index is -0.338. The Labute approximate surface area is 120 Å². The first-order chi connectivity index (χ1) is 9.67. The van der Waals surface area contributed by atoms with Crippen LogP contribution in [0.15, 0.2) is 18.2 Å². The highest BCUT2D eigenvalue weighted by atomic mass is 16.5. The summed E-state index contributed by atoms with van der Waals surface area (Å²) in [7, 11) is 0. The number of nitrogen functional groups attached to an aromatic ring is 1. The monoisotopic (exact) mass is 276 g/mol. The number of para-hydroxylation sites is 1. The van der Waals surface area contributed by atoms with Gasteiger partial charge in [-0.25, -0.2) is 4.79 Å². The predicted octanol–water partition coefficient (Wildman–Crippen LogP) is 3.07. The number of rotatable bonds is 4. The molecule has 20 heavy (non-hydrogen) atoms. The Morgan fingerprint density at radius 3 is 2.65 bits per heavy atom. The minimum Gasteiger partial charge on any atom is -0.462 e. The molecular weight excluding hydrogens is 252 g/mol. The van der Waals surface area contributed by atoms with E-state index < -0.39 is 0 Å². The van der Waals surface area contributed by atoms with Crippen molar-refractivity contribution in [1.82, 2.24) is 0 Å². The maximum absolute atomic E-state index is 11.9. The van der Waals surface area contributed by atoms with E-state index in [9.17, 15) is 4.79 Å². The number of piperidine rings is 1. The Hall–Kier alpha value is -1.71. The van der Waals surface area contributed by atoms with E-state index in [2.05, 4.69) is 11.8 Å². The van der Waals surface area contributed by atoms with E-state index in [4.69, 9.17) is 10.5 Å². The van der Waals surface area contributed by atoms with Crippen molar-refractivity contribution in [2.24, 2.45) is 5.92 Å². The fourth-order valence-corrected chi connectivity index (χ4v) is 2.80. The SMILES string of the molecule is CCOC(=O)c1cccc(N2CCC(CC)CC2)c1N. The summed E-state index contributed by atoms with van der Waals surface area (Å²) in [6.45, 7) is 6.43. The molecule has 0 atom stereocenters. The second kappa shape index (κ2) is 6.64. The fourth-order valence-electron chi connectivity index (χ4n) is 2.80. The average molecular weight is 276 g/mol. The van der Waals surface area contributed by atoms with Crippen LogP contribution >= 0.6 is 0 Å². The third-order valence-corrected chi connectivity index (χ3v) is 4.11. The molecule has 4 nitrogen and oxygen atoms in total. The molecule has 0 spiro atoms. The van der Waals surface area contributed by atoms with Gasteiger partial charge in [0, 0.05) is 13.1 Å². The third kappa shape index (κ3) is 3.06. The maximum Gasteiger partial charge on any atom is 0.340 e. The lowest BCUT2D eigenvalue weighted by atomic mass is 9.94. The van der Waals surface area contributed by atoms with Crippen LogP contribution in [0.25, 0.3) is 0 Å². The molecule has 1 fully saturated rings. The van der Waals surface area contributed by atoms with Gasteiger partial charge in [0.15, 0.2) is 0 Å². The first-order valence-corrected chi connectivity index (χ1v) is 7.47. The van der Waals surface area contributed by atoms with Crippen molar-refractivity contribution in [3.8, 4) is 0 Å². The molecule has 110 valence electrons. The van der Waals surface area contributed by atoms with Crippen molar-refractivity contribution in [2.45, 2.75) is 33.1 Å². The lowest BCUT2D eigenvalue weighted by molar-refractivity contribution is 0.0527. The van der Waals surface area contributed by atoms with Gasteiger partial charge in [0.05, 0.1) is 23.5 Å². The second-order valence-corrected chi connectivity index (χ2v) is 5.30. The van der Waals surface area contributed by atoms with E-state index in [-0.39, 0.29) is 5.97 Å². The van der Waals surface area contributed by atoms with Crippen molar-refractivity contribution in [3.05, 3.63) is 23.8 Å². The highest BCUT2D eigenvalue weighted by Crippen LogP contribution is 2.31. The molecule has 0 bridgehead atoms. The molecule has 4 heteroatoms. The van der Waals surface area contributed by atoms with Crippen LogP contribution < -0.4 is 10.6 Å². The van der Waals surface area contributed by atoms with Crippen molar-refractivity contribution >= 4 is 17.3 Å². The summed E-state index contributed by atoms with van der Waals surface area (Å²) in [4.78, 5) is 14.2. The standard InChI is InChI=1S/C16H24N2O2/c1-3-12-8-10-18(11-9-12)14-7-5-6-13(15(14)17)16(19)20-4-2/h5-7,12H,3-4,8-11,17H2,1-2H3. The van der Waals surface area contributed by atoms with Crippen LogP contribution in [0.4, 0.5) is 11.4 Å². The second-order valence-electron chi connectivity index (χ2n) is 5.30. The summed E-state index contributed by atoms with van der Waals surface area (Å²) in [5, 5.41) is 0. The van der Waals surface area contributed by atoms with Gasteiger partial charge in [-0.1, -0.05) is 19.4 Å². The van der Waals surface area contributed by atoms with E-state index in [1.807, 2.05) is 12.1 Å². The van der Waals surface area contributed by atoms with Gasteiger partial charge in [0.2, 0.25) is 0 Å². The van der Waals surface area contributed by atoms with Crippen molar-refractivity contribution in [2.75, 3.05) is 30.3 Å². The summed E-state index contributed by atoms with van der Waals surface area (Å²) in [6, 6.07) is 5.60. The number of nitrogens with zero attached hydrogens (tertiary/aromatic N) is 1. The molecule has 1 heterocycles. The molecule has 0 saturated carbocycles.